The van der Waals surface area contributed by atoms with Crippen molar-refractivity contribution in [3.8, 4) is 0 Å². The van der Waals surface area contributed by atoms with Gasteiger partial charge >= 0.3 is 0 Å². The van der Waals surface area contributed by atoms with Crippen molar-refractivity contribution >= 4 is 15.8 Å². The normalized spacial score (nSPS) is 32.8. The van der Waals surface area contributed by atoms with Gasteiger partial charge in [-0.1, -0.05) is 92.9 Å². The number of rotatable bonds is 7. The van der Waals surface area contributed by atoms with Gasteiger partial charge in [-0.25, -0.2) is 0 Å². The standard InChI is InChI=1S/C29H53NP2/c1-5-13-25(14-6-1)31(26-15-7-2-8-16-26)23-24-21-29(22-30-24)32(27-17-9-3-10-18-27)28-19-11-4-12-20-28/h24-30H,1-23H2. The smallest absolute Gasteiger partial charge is 0.0113 e. The highest BCUT2D eigenvalue weighted by atomic mass is 31.1. The molecule has 0 aromatic rings. The summed E-state index contributed by atoms with van der Waals surface area (Å²) >= 11 is 0. The first-order valence-electron chi connectivity index (χ1n) is 15.1. The molecule has 5 aliphatic rings. The summed E-state index contributed by atoms with van der Waals surface area (Å²) in [6, 6.07) is 0.896. The van der Waals surface area contributed by atoms with E-state index in [-0.39, 0.29) is 15.8 Å². The summed E-state index contributed by atoms with van der Waals surface area (Å²) in [5, 5.41) is 4.21. The van der Waals surface area contributed by atoms with E-state index in [0.29, 0.717) is 0 Å². The van der Waals surface area contributed by atoms with Crippen molar-refractivity contribution in [2.24, 2.45) is 0 Å². The molecule has 0 spiro atoms. The van der Waals surface area contributed by atoms with Gasteiger partial charge in [-0.3, -0.25) is 0 Å². The van der Waals surface area contributed by atoms with Crippen molar-refractivity contribution in [2.45, 2.75) is 169 Å². The van der Waals surface area contributed by atoms with Gasteiger partial charge in [0.05, 0.1) is 0 Å². The lowest BCUT2D eigenvalue weighted by Gasteiger charge is -2.42. The Bertz CT molecular complexity index is 493. The zero-order valence-corrected chi connectivity index (χ0v) is 22.9. The summed E-state index contributed by atoms with van der Waals surface area (Å²) in [7, 11) is 0.535. The van der Waals surface area contributed by atoms with E-state index in [1.165, 1.54) is 32.2 Å². The molecule has 2 unspecified atom stereocenters. The zero-order chi connectivity index (χ0) is 21.6. The molecule has 1 heterocycles. The van der Waals surface area contributed by atoms with Crippen LogP contribution in [0.3, 0.4) is 0 Å². The SMILES string of the molecule is C1CCC(P(CC2CC(P(C3CCCCC3)C3CCCCC3)CN2)C2CCCCC2)CC1. The second-order valence-electron chi connectivity index (χ2n) is 12.3. The maximum Gasteiger partial charge on any atom is 0.0113 e. The van der Waals surface area contributed by atoms with Crippen LogP contribution in [-0.4, -0.2) is 47.0 Å². The van der Waals surface area contributed by atoms with Gasteiger partial charge in [0, 0.05) is 12.6 Å². The molecule has 0 amide bonds. The first-order valence-corrected chi connectivity index (χ1v) is 18.4. The molecule has 1 nitrogen and oxygen atoms in total. The minimum absolute atomic E-state index is 0.266. The predicted molar refractivity (Wildman–Crippen MR) is 146 cm³/mol. The van der Waals surface area contributed by atoms with E-state index < -0.39 is 0 Å². The van der Waals surface area contributed by atoms with Crippen LogP contribution in [0.5, 0.6) is 0 Å². The molecule has 5 fully saturated rings. The average molecular weight is 478 g/mol. The van der Waals surface area contributed by atoms with Gasteiger partial charge in [0.2, 0.25) is 0 Å². The van der Waals surface area contributed by atoms with Gasteiger partial charge in [0.1, 0.15) is 0 Å². The Kier molecular flexibility index (Phi) is 9.71. The van der Waals surface area contributed by atoms with E-state index in [2.05, 4.69) is 5.32 Å². The number of hydrogen-bond donors (Lipinski definition) is 1. The van der Waals surface area contributed by atoms with Gasteiger partial charge in [-0.05, 0) is 92.2 Å². The number of hydrogen-bond acceptors (Lipinski definition) is 1. The molecule has 32 heavy (non-hydrogen) atoms. The summed E-state index contributed by atoms with van der Waals surface area (Å²) in [6.45, 7) is 1.40. The van der Waals surface area contributed by atoms with Crippen LogP contribution >= 0.6 is 15.8 Å². The molecule has 4 saturated carbocycles. The maximum absolute atomic E-state index is 4.21. The van der Waals surface area contributed by atoms with Crippen molar-refractivity contribution in [3.63, 3.8) is 0 Å². The molecule has 4 aliphatic carbocycles. The molecule has 3 heteroatoms. The highest BCUT2D eigenvalue weighted by molar-refractivity contribution is 7.60. The second-order valence-corrected chi connectivity index (χ2v) is 18.2. The fourth-order valence-corrected chi connectivity index (χ4v) is 17.1. The Morgan fingerprint density at radius 1 is 0.469 bits per heavy atom. The monoisotopic (exact) mass is 477 g/mol. The highest BCUT2D eigenvalue weighted by Gasteiger charge is 2.41. The van der Waals surface area contributed by atoms with E-state index >= 15 is 0 Å². The fourth-order valence-electron chi connectivity index (χ4n) is 8.49. The van der Waals surface area contributed by atoms with Gasteiger partial charge in [-0.2, -0.15) is 0 Å². The van der Waals surface area contributed by atoms with Crippen molar-refractivity contribution in [3.05, 3.63) is 0 Å². The average Bonchev–Trinajstić information content (AvgIpc) is 3.33. The third-order valence-electron chi connectivity index (χ3n) is 10.1. The van der Waals surface area contributed by atoms with Gasteiger partial charge in [-0.15, -0.1) is 0 Å². The molecule has 1 N–H and O–H groups in total. The molecular formula is C29H53NP2. The van der Waals surface area contributed by atoms with Crippen LogP contribution in [-0.2, 0) is 0 Å². The molecule has 0 radical (unpaired) electrons. The molecule has 0 bridgehead atoms. The van der Waals surface area contributed by atoms with Crippen LogP contribution in [0.2, 0.25) is 0 Å². The third kappa shape index (κ3) is 6.33. The van der Waals surface area contributed by atoms with E-state index in [1.54, 1.807) is 115 Å². The maximum atomic E-state index is 4.21. The first kappa shape index (κ1) is 24.5. The van der Waals surface area contributed by atoms with Crippen molar-refractivity contribution < 1.29 is 0 Å². The van der Waals surface area contributed by atoms with Crippen LogP contribution < -0.4 is 5.32 Å². The molecule has 1 saturated heterocycles. The Morgan fingerprint density at radius 3 is 1.31 bits per heavy atom. The van der Waals surface area contributed by atoms with Gasteiger partial charge < -0.3 is 5.32 Å². The largest absolute Gasteiger partial charge is 0.313 e. The summed E-state index contributed by atoms with van der Waals surface area (Å²) in [6.07, 6.45) is 34.5. The van der Waals surface area contributed by atoms with E-state index in [9.17, 15) is 0 Å². The Hall–Kier alpha value is 0.820. The molecular weight excluding hydrogens is 424 g/mol. The quantitative estimate of drug-likeness (QED) is 0.361. The van der Waals surface area contributed by atoms with Crippen LogP contribution in [0.1, 0.15) is 135 Å². The molecule has 2 atom stereocenters. The predicted octanol–water partition coefficient (Wildman–Crippen LogP) is 9.01. The number of nitrogens with one attached hydrogen (secondary N) is 1. The topological polar surface area (TPSA) is 12.0 Å². The minimum atomic E-state index is 0.266. The van der Waals surface area contributed by atoms with E-state index in [1.807, 2.05) is 0 Å². The van der Waals surface area contributed by atoms with Crippen molar-refractivity contribution in [2.75, 3.05) is 12.7 Å². The van der Waals surface area contributed by atoms with Crippen LogP contribution in [0.4, 0.5) is 0 Å². The fraction of sp³-hybridized carbons (Fsp3) is 1.00. The van der Waals surface area contributed by atoms with Crippen molar-refractivity contribution in [1.29, 1.82) is 0 Å². The van der Waals surface area contributed by atoms with Crippen LogP contribution in [0.15, 0.2) is 0 Å². The zero-order valence-electron chi connectivity index (χ0n) is 21.1. The summed E-state index contributed by atoms with van der Waals surface area (Å²) < 4.78 is 0. The Morgan fingerprint density at radius 2 is 0.875 bits per heavy atom. The van der Waals surface area contributed by atoms with Crippen LogP contribution in [0, 0.1) is 0 Å². The van der Waals surface area contributed by atoms with E-state index in [4.69, 9.17) is 0 Å². The van der Waals surface area contributed by atoms with Crippen molar-refractivity contribution in [1.82, 2.24) is 5.32 Å². The lowest BCUT2D eigenvalue weighted by molar-refractivity contribution is 0.480. The minimum Gasteiger partial charge on any atom is -0.313 e. The summed E-state index contributed by atoms with van der Waals surface area (Å²) in [5.41, 5.74) is 5.65. The molecule has 5 rings (SSSR count). The second kappa shape index (κ2) is 12.7. The molecule has 184 valence electrons. The lowest BCUT2D eigenvalue weighted by atomic mass is 9.99. The van der Waals surface area contributed by atoms with Gasteiger partial charge in [0.25, 0.3) is 0 Å². The first-order chi connectivity index (χ1) is 15.9. The summed E-state index contributed by atoms with van der Waals surface area (Å²) in [4.78, 5) is 0. The molecule has 0 aromatic heterocycles. The van der Waals surface area contributed by atoms with Gasteiger partial charge in [0.15, 0.2) is 0 Å². The van der Waals surface area contributed by atoms with E-state index in [0.717, 1.165) is 34.3 Å². The Labute approximate surface area is 202 Å². The lowest BCUT2D eigenvalue weighted by Crippen LogP contribution is -2.30. The third-order valence-corrected chi connectivity index (χ3v) is 17.9. The Balaban J connectivity index is 1.24. The molecule has 0 aromatic carbocycles. The molecule has 1 aliphatic heterocycles. The highest BCUT2D eigenvalue weighted by Crippen LogP contribution is 2.62. The van der Waals surface area contributed by atoms with Crippen LogP contribution in [0.25, 0.3) is 0 Å². The summed E-state index contributed by atoms with van der Waals surface area (Å²) in [5.74, 6) is 0.